The highest BCUT2D eigenvalue weighted by Crippen LogP contribution is 2.28. The summed E-state index contributed by atoms with van der Waals surface area (Å²) in [5.74, 6) is 0.869. The number of aryl methyl sites for hydroxylation is 2. The Hall–Kier alpha value is -2.55. The van der Waals surface area contributed by atoms with Crippen LogP contribution in [-0.4, -0.2) is 16.9 Å². The maximum absolute atomic E-state index is 5.21. The van der Waals surface area contributed by atoms with E-state index in [4.69, 9.17) is 9.84 Å². The summed E-state index contributed by atoms with van der Waals surface area (Å²) < 4.78 is 7.29. The zero-order chi connectivity index (χ0) is 14.2. The van der Waals surface area contributed by atoms with Crippen LogP contribution in [0.5, 0.6) is 5.75 Å². The van der Waals surface area contributed by atoms with Gasteiger partial charge in [-0.25, -0.2) is 4.68 Å². The van der Waals surface area contributed by atoms with Gasteiger partial charge in [0, 0.05) is 11.3 Å². The summed E-state index contributed by atoms with van der Waals surface area (Å²) in [6.45, 7) is 0. The van der Waals surface area contributed by atoms with Crippen molar-refractivity contribution in [2.45, 2.75) is 12.8 Å². The number of fused-ring (bicyclic) bond motifs is 3. The summed E-state index contributed by atoms with van der Waals surface area (Å²) >= 11 is 0. The van der Waals surface area contributed by atoms with Crippen molar-refractivity contribution in [1.29, 1.82) is 0 Å². The van der Waals surface area contributed by atoms with Crippen molar-refractivity contribution in [2.24, 2.45) is 0 Å². The molecule has 1 aliphatic heterocycles. The zero-order valence-electron chi connectivity index (χ0n) is 11.9. The highest BCUT2D eigenvalue weighted by molar-refractivity contribution is 5.62. The first-order valence-electron chi connectivity index (χ1n) is 7.17. The van der Waals surface area contributed by atoms with Crippen molar-refractivity contribution >= 4 is 0 Å². The van der Waals surface area contributed by atoms with Gasteiger partial charge < -0.3 is 4.74 Å². The van der Waals surface area contributed by atoms with Gasteiger partial charge in [0.2, 0.25) is 0 Å². The van der Waals surface area contributed by atoms with E-state index in [-0.39, 0.29) is 0 Å². The third-order valence-corrected chi connectivity index (χ3v) is 4.04. The number of hydrogen-bond acceptors (Lipinski definition) is 2. The Kier molecular flexibility index (Phi) is 2.78. The highest BCUT2D eigenvalue weighted by atomic mass is 16.5. The Bertz CT molecular complexity index is 787. The molecule has 0 radical (unpaired) electrons. The molecule has 1 aliphatic rings. The molecule has 0 unspecified atom stereocenters. The number of ether oxygens (including phenoxy) is 1. The van der Waals surface area contributed by atoms with Crippen molar-refractivity contribution < 1.29 is 4.74 Å². The predicted molar refractivity (Wildman–Crippen MR) is 83.0 cm³/mol. The average Bonchev–Trinajstić information content (AvgIpc) is 2.99. The van der Waals surface area contributed by atoms with Crippen LogP contribution >= 0.6 is 0 Å². The molecule has 0 amide bonds. The highest BCUT2D eigenvalue weighted by Gasteiger charge is 2.18. The van der Waals surface area contributed by atoms with Gasteiger partial charge in [-0.05, 0) is 54.8 Å². The second-order valence-electron chi connectivity index (χ2n) is 5.29. The fraction of sp³-hybridized carbons (Fsp3) is 0.167. The lowest BCUT2D eigenvalue weighted by Crippen LogP contribution is -2.12. The average molecular weight is 276 g/mol. The van der Waals surface area contributed by atoms with Gasteiger partial charge >= 0.3 is 0 Å². The minimum Gasteiger partial charge on any atom is -0.497 e. The number of benzene rings is 2. The largest absolute Gasteiger partial charge is 0.497 e. The summed E-state index contributed by atoms with van der Waals surface area (Å²) in [5, 5.41) is 4.79. The monoisotopic (exact) mass is 276 g/mol. The quantitative estimate of drug-likeness (QED) is 0.714. The lowest BCUT2D eigenvalue weighted by Gasteiger charge is -2.17. The molecule has 0 saturated carbocycles. The second-order valence-corrected chi connectivity index (χ2v) is 5.29. The van der Waals surface area contributed by atoms with E-state index in [9.17, 15) is 0 Å². The van der Waals surface area contributed by atoms with E-state index in [2.05, 4.69) is 47.1 Å². The maximum atomic E-state index is 5.21. The molecular weight excluding hydrogens is 260 g/mol. The summed E-state index contributed by atoms with van der Waals surface area (Å²) in [5.41, 5.74) is 5.99. The smallest absolute Gasteiger partial charge is 0.118 e. The molecular formula is C18H16N2O. The van der Waals surface area contributed by atoms with E-state index in [1.165, 1.54) is 16.9 Å². The van der Waals surface area contributed by atoms with Gasteiger partial charge in [0.05, 0.1) is 18.5 Å². The molecule has 21 heavy (non-hydrogen) atoms. The van der Waals surface area contributed by atoms with E-state index in [1.54, 1.807) is 7.11 Å². The van der Waals surface area contributed by atoms with Crippen molar-refractivity contribution in [3.8, 4) is 22.7 Å². The van der Waals surface area contributed by atoms with Crippen molar-refractivity contribution in [3.05, 3.63) is 65.9 Å². The number of hydrogen-bond donors (Lipinski definition) is 0. The van der Waals surface area contributed by atoms with Crippen LogP contribution in [0.2, 0.25) is 0 Å². The fourth-order valence-electron chi connectivity index (χ4n) is 2.90. The number of methoxy groups -OCH3 is 1. The first-order valence-corrected chi connectivity index (χ1v) is 7.17. The van der Waals surface area contributed by atoms with Gasteiger partial charge in [-0.1, -0.05) is 18.2 Å². The van der Waals surface area contributed by atoms with E-state index in [0.717, 1.165) is 29.8 Å². The number of nitrogens with zero attached hydrogens (tertiary/aromatic N) is 2. The van der Waals surface area contributed by atoms with E-state index in [1.807, 2.05) is 12.1 Å². The van der Waals surface area contributed by atoms with Crippen LogP contribution < -0.4 is 4.74 Å². The maximum Gasteiger partial charge on any atom is 0.118 e. The Labute approximate surface area is 123 Å². The van der Waals surface area contributed by atoms with E-state index < -0.39 is 0 Å². The minimum atomic E-state index is 0.869. The Morgan fingerprint density at radius 1 is 1.00 bits per heavy atom. The zero-order valence-corrected chi connectivity index (χ0v) is 11.9. The minimum absolute atomic E-state index is 0.869. The molecule has 0 spiro atoms. The van der Waals surface area contributed by atoms with Gasteiger partial charge in [0.1, 0.15) is 5.75 Å². The second kappa shape index (κ2) is 4.77. The van der Waals surface area contributed by atoms with Crippen LogP contribution in [0.4, 0.5) is 0 Å². The SMILES string of the molecule is COc1ccc(-c2cc3n(n2)-c2ccccc2CC3)cc1. The summed E-state index contributed by atoms with van der Waals surface area (Å²) in [7, 11) is 1.68. The molecule has 0 saturated heterocycles. The Morgan fingerprint density at radius 2 is 1.81 bits per heavy atom. The van der Waals surface area contributed by atoms with Crippen LogP contribution in [-0.2, 0) is 12.8 Å². The molecule has 3 aromatic rings. The standard InChI is InChI=1S/C18H16N2O/c1-21-16-10-7-13(8-11-16)17-12-15-9-6-14-4-2-3-5-18(14)20(15)19-17/h2-5,7-8,10-12H,6,9H2,1H3. The van der Waals surface area contributed by atoms with Crippen LogP contribution in [0.25, 0.3) is 16.9 Å². The Morgan fingerprint density at radius 3 is 2.62 bits per heavy atom. The molecule has 3 heteroatoms. The summed E-state index contributed by atoms with van der Waals surface area (Å²) in [6, 6.07) is 18.7. The number of aromatic nitrogens is 2. The van der Waals surface area contributed by atoms with Crippen molar-refractivity contribution in [3.63, 3.8) is 0 Å². The molecule has 3 nitrogen and oxygen atoms in total. The number of rotatable bonds is 2. The van der Waals surface area contributed by atoms with Gasteiger partial charge in [-0.3, -0.25) is 0 Å². The van der Waals surface area contributed by atoms with Crippen LogP contribution in [0.15, 0.2) is 54.6 Å². The topological polar surface area (TPSA) is 27.1 Å². The first-order chi connectivity index (χ1) is 10.3. The lowest BCUT2D eigenvalue weighted by atomic mass is 10.0. The molecule has 1 aromatic heterocycles. The normalized spacial score (nSPS) is 12.6. The van der Waals surface area contributed by atoms with Crippen LogP contribution in [0.1, 0.15) is 11.3 Å². The van der Waals surface area contributed by atoms with Crippen molar-refractivity contribution in [1.82, 2.24) is 9.78 Å². The van der Waals surface area contributed by atoms with Gasteiger partial charge in [0.25, 0.3) is 0 Å². The van der Waals surface area contributed by atoms with E-state index in [0.29, 0.717) is 0 Å². The van der Waals surface area contributed by atoms with Crippen LogP contribution in [0, 0.1) is 0 Å². The summed E-state index contributed by atoms with van der Waals surface area (Å²) in [4.78, 5) is 0. The fourth-order valence-corrected chi connectivity index (χ4v) is 2.90. The molecule has 0 bridgehead atoms. The molecule has 0 fully saturated rings. The summed E-state index contributed by atoms with van der Waals surface area (Å²) in [6.07, 6.45) is 2.13. The van der Waals surface area contributed by atoms with Gasteiger partial charge in [0.15, 0.2) is 0 Å². The number of para-hydroxylation sites is 1. The van der Waals surface area contributed by atoms with Gasteiger partial charge in [-0.2, -0.15) is 5.10 Å². The predicted octanol–water partition coefficient (Wildman–Crippen LogP) is 3.65. The van der Waals surface area contributed by atoms with Crippen LogP contribution in [0.3, 0.4) is 0 Å². The van der Waals surface area contributed by atoms with Gasteiger partial charge in [-0.15, -0.1) is 0 Å². The molecule has 0 aliphatic carbocycles. The van der Waals surface area contributed by atoms with E-state index >= 15 is 0 Å². The first kappa shape index (κ1) is 12.2. The van der Waals surface area contributed by atoms with Crippen molar-refractivity contribution in [2.75, 3.05) is 7.11 Å². The third kappa shape index (κ3) is 2.02. The molecule has 2 aromatic carbocycles. The molecule has 0 N–H and O–H groups in total. The third-order valence-electron chi connectivity index (χ3n) is 4.04. The molecule has 0 atom stereocenters. The lowest BCUT2D eigenvalue weighted by molar-refractivity contribution is 0.415. The molecule has 2 heterocycles. The molecule has 4 rings (SSSR count). The Balaban J connectivity index is 1.79. The molecule has 104 valence electrons.